The molecule has 8 heteroatoms. The highest BCUT2D eigenvalue weighted by atomic mass is 16.4. The van der Waals surface area contributed by atoms with Crippen molar-refractivity contribution in [2.24, 2.45) is 13.0 Å². The molecule has 3 aromatic rings. The molecule has 0 bridgehead atoms. The summed E-state index contributed by atoms with van der Waals surface area (Å²) in [5.74, 6) is -1.06. The van der Waals surface area contributed by atoms with Crippen LogP contribution in [0.4, 0.5) is 0 Å². The molecule has 2 heterocycles. The van der Waals surface area contributed by atoms with Crippen LogP contribution in [0.5, 0.6) is 0 Å². The Hall–Kier alpha value is -3.70. The van der Waals surface area contributed by atoms with Crippen molar-refractivity contribution in [3.05, 3.63) is 64.5 Å². The first kappa shape index (κ1) is 28.9. The molecule has 3 rings (SSSR count). The monoisotopic (exact) mass is 518 g/mol. The summed E-state index contributed by atoms with van der Waals surface area (Å²) in [5.41, 5.74) is 4.75. The van der Waals surface area contributed by atoms with Gasteiger partial charge in [0, 0.05) is 56.0 Å². The van der Waals surface area contributed by atoms with Gasteiger partial charge in [-0.25, -0.2) is 4.98 Å². The van der Waals surface area contributed by atoms with Gasteiger partial charge in [0.25, 0.3) is 5.91 Å². The number of nitriles is 1. The summed E-state index contributed by atoms with van der Waals surface area (Å²) in [6, 6.07) is 11.7. The number of aromatic nitrogens is 2. The Morgan fingerprint density at radius 1 is 1.13 bits per heavy atom. The molecule has 2 atom stereocenters. The normalized spacial score (nSPS) is 12.7. The largest absolute Gasteiger partial charge is 0.481 e. The Balaban J connectivity index is 1.66. The lowest BCUT2D eigenvalue weighted by molar-refractivity contribution is -0.138. The number of amides is 1. The molecule has 38 heavy (non-hydrogen) atoms. The third-order valence-corrected chi connectivity index (χ3v) is 7.01. The smallest absolute Gasteiger partial charge is 0.303 e. The minimum Gasteiger partial charge on any atom is -0.481 e. The maximum absolute atomic E-state index is 12.2. The van der Waals surface area contributed by atoms with Gasteiger partial charge >= 0.3 is 5.97 Å². The number of carbonyl (C=O) groups excluding carboxylic acids is 1. The van der Waals surface area contributed by atoms with E-state index in [0.29, 0.717) is 23.2 Å². The van der Waals surface area contributed by atoms with Crippen LogP contribution in [0.25, 0.3) is 11.0 Å². The van der Waals surface area contributed by atoms with Crippen molar-refractivity contribution in [1.29, 1.82) is 5.26 Å². The Morgan fingerprint density at radius 3 is 2.50 bits per heavy atom. The number of carboxylic acid groups (broad SMARTS) is 1. The van der Waals surface area contributed by atoms with E-state index in [2.05, 4.69) is 17.1 Å². The number of carbonyl (C=O) groups is 2. The van der Waals surface area contributed by atoms with E-state index in [-0.39, 0.29) is 18.2 Å². The minimum atomic E-state index is -0.882. The van der Waals surface area contributed by atoms with Gasteiger partial charge in [0.15, 0.2) is 0 Å². The molecule has 8 nitrogen and oxygen atoms in total. The van der Waals surface area contributed by atoms with Crippen LogP contribution >= 0.6 is 0 Å². The zero-order valence-electron chi connectivity index (χ0n) is 22.8. The summed E-state index contributed by atoms with van der Waals surface area (Å²) in [5, 5.41) is 30.4. The van der Waals surface area contributed by atoms with E-state index in [1.807, 2.05) is 36.7 Å². The molecule has 0 fully saturated rings. The average Bonchev–Trinajstić information content (AvgIpc) is 3.15. The van der Waals surface area contributed by atoms with Crippen molar-refractivity contribution in [2.45, 2.75) is 64.4 Å². The molecule has 0 radical (unpaired) electrons. The molecule has 1 amide bonds. The van der Waals surface area contributed by atoms with Gasteiger partial charge in [-0.15, -0.1) is 0 Å². The zero-order valence-corrected chi connectivity index (χ0v) is 22.8. The molecule has 0 aliphatic carbocycles. The second kappa shape index (κ2) is 13.2. The Kier molecular flexibility index (Phi) is 10.0. The van der Waals surface area contributed by atoms with Crippen LogP contribution < -0.4 is 0 Å². The van der Waals surface area contributed by atoms with E-state index >= 15 is 0 Å². The number of aliphatic carboxylic acids is 1. The predicted octanol–water partition coefficient (Wildman–Crippen LogP) is 5.03. The van der Waals surface area contributed by atoms with Gasteiger partial charge in [0.05, 0.1) is 11.7 Å². The van der Waals surface area contributed by atoms with E-state index in [9.17, 15) is 20.0 Å². The molecule has 0 spiro atoms. The number of rotatable bonds is 13. The van der Waals surface area contributed by atoms with Gasteiger partial charge in [0.1, 0.15) is 11.7 Å². The summed E-state index contributed by atoms with van der Waals surface area (Å²) in [6.45, 7) is 1.83. The third kappa shape index (κ3) is 7.20. The van der Waals surface area contributed by atoms with Gasteiger partial charge < -0.3 is 19.7 Å². The highest BCUT2D eigenvalue weighted by molar-refractivity contribution is 5.94. The molecule has 0 aliphatic heterocycles. The number of pyridine rings is 1. The fourth-order valence-electron chi connectivity index (χ4n) is 5.10. The lowest BCUT2D eigenvalue weighted by Crippen LogP contribution is -2.21. The number of fused-ring (bicyclic) bond motifs is 1. The summed E-state index contributed by atoms with van der Waals surface area (Å²) >= 11 is 0. The predicted molar refractivity (Wildman–Crippen MR) is 147 cm³/mol. The van der Waals surface area contributed by atoms with Gasteiger partial charge in [-0.1, -0.05) is 31.9 Å². The van der Waals surface area contributed by atoms with E-state index < -0.39 is 12.1 Å². The van der Waals surface area contributed by atoms with Gasteiger partial charge in [-0.2, -0.15) is 5.26 Å². The van der Waals surface area contributed by atoms with Gasteiger partial charge in [0.2, 0.25) is 0 Å². The van der Waals surface area contributed by atoms with Crippen LogP contribution in [-0.4, -0.2) is 50.6 Å². The van der Waals surface area contributed by atoms with E-state index in [4.69, 9.17) is 5.11 Å². The van der Waals surface area contributed by atoms with Crippen molar-refractivity contribution in [2.75, 3.05) is 14.1 Å². The first-order chi connectivity index (χ1) is 18.1. The number of aliphatic hydroxyl groups excluding tert-OH is 1. The molecule has 0 aliphatic rings. The first-order valence-corrected chi connectivity index (χ1v) is 13.2. The third-order valence-electron chi connectivity index (χ3n) is 7.01. The second-order valence-corrected chi connectivity index (χ2v) is 10.4. The van der Waals surface area contributed by atoms with Crippen molar-refractivity contribution in [3.8, 4) is 6.07 Å². The maximum Gasteiger partial charge on any atom is 0.303 e. The molecule has 0 saturated heterocycles. The Morgan fingerprint density at radius 2 is 1.84 bits per heavy atom. The number of aryl methyl sites for hydroxylation is 2. The van der Waals surface area contributed by atoms with Gasteiger partial charge in [-0.05, 0) is 61.8 Å². The standard InChI is InChI=1S/C30H38N4O4/c1-20(15-27(36)37)14-26(35)28-24-17-22(18-31)19-32-29(24)34(4)25(28)13-8-6-5-7-10-21-11-9-12-23(16-21)30(38)33(2)3/h9,11-12,16-17,19-20,26,35H,5-8,10,13-15H2,1-4H3,(H,36,37). The number of hydrogen-bond donors (Lipinski definition) is 2. The van der Waals surface area contributed by atoms with Crippen molar-refractivity contribution >= 4 is 22.9 Å². The molecule has 2 N–H and O–H groups in total. The number of hydrogen-bond acceptors (Lipinski definition) is 5. The van der Waals surface area contributed by atoms with Crippen molar-refractivity contribution in [1.82, 2.24) is 14.5 Å². The van der Waals surface area contributed by atoms with Gasteiger partial charge in [-0.3, -0.25) is 9.59 Å². The molecule has 2 aromatic heterocycles. The van der Waals surface area contributed by atoms with Crippen LogP contribution in [0.15, 0.2) is 36.5 Å². The molecule has 1 aromatic carbocycles. The topological polar surface area (TPSA) is 119 Å². The highest BCUT2D eigenvalue weighted by Gasteiger charge is 2.24. The highest BCUT2D eigenvalue weighted by Crippen LogP contribution is 2.35. The molecular formula is C30H38N4O4. The lowest BCUT2D eigenvalue weighted by atomic mass is 9.93. The number of nitrogens with zero attached hydrogens (tertiary/aromatic N) is 4. The molecular weight excluding hydrogens is 480 g/mol. The van der Waals surface area contributed by atoms with Crippen LogP contribution in [0.3, 0.4) is 0 Å². The number of aliphatic hydroxyl groups is 1. The zero-order chi connectivity index (χ0) is 27.8. The number of carboxylic acids is 1. The van der Waals surface area contributed by atoms with Crippen LogP contribution in [0.2, 0.25) is 0 Å². The Labute approximate surface area is 224 Å². The van der Waals surface area contributed by atoms with Crippen LogP contribution in [0, 0.1) is 17.2 Å². The summed E-state index contributed by atoms with van der Waals surface area (Å²) in [7, 11) is 5.43. The van der Waals surface area contributed by atoms with E-state index in [0.717, 1.165) is 60.7 Å². The SMILES string of the molecule is CC(CC(=O)O)CC(O)c1c(CCCCCCc2cccc(C(=O)N(C)C)c2)n(C)c2ncc(C#N)cc12. The van der Waals surface area contributed by atoms with E-state index in [1.54, 1.807) is 25.1 Å². The molecule has 202 valence electrons. The van der Waals surface area contributed by atoms with Crippen LogP contribution in [-0.2, 0) is 24.7 Å². The first-order valence-electron chi connectivity index (χ1n) is 13.2. The summed E-state index contributed by atoms with van der Waals surface area (Å²) in [6.07, 6.45) is 6.68. The second-order valence-electron chi connectivity index (χ2n) is 10.4. The maximum atomic E-state index is 12.2. The average molecular weight is 519 g/mol. The molecule has 2 unspecified atom stereocenters. The molecule has 0 saturated carbocycles. The quantitative estimate of drug-likeness (QED) is 0.306. The van der Waals surface area contributed by atoms with E-state index in [1.165, 1.54) is 6.20 Å². The fraction of sp³-hybridized carbons (Fsp3) is 0.467. The van der Waals surface area contributed by atoms with Crippen LogP contribution in [0.1, 0.15) is 84.3 Å². The number of unbranched alkanes of at least 4 members (excludes halogenated alkanes) is 3. The van der Waals surface area contributed by atoms with Crippen molar-refractivity contribution in [3.63, 3.8) is 0 Å². The number of benzene rings is 1. The fourth-order valence-corrected chi connectivity index (χ4v) is 5.10. The summed E-state index contributed by atoms with van der Waals surface area (Å²) < 4.78 is 1.99. The summed E-state index contributed by atoms with van der Waals surface area (Å²) in [4.78, 5) is 29.4. The minimum absolute atomic E-state index is 0.00790. The lowest BCUT2D eigenvalue weighted by Gasteiger charge is -2.17. The Bertz CT molecular complexity index is 1320. The van der Waals surface area contributed by atoms with Crippen molar-refractivity contribution < 1.29 is 19.8 Å².